The first-order valence-electron chi connectivity index (χ1n) is 15.8. The Morgan fingerprint density at radius 2 is 1.29 bits per heavy atom. The topological polar surface area (TPSA) is 64.6 Å². The summed E-state index contributed by atoms with van der Waals surface area (Å²) < 4.78 is 0. The molecule has 0 radical (unpaired) electrons. The predicted octanol–water partition coefficient (Wildman–Crippen LogP) is 6.93. The molecule has 0 unspecified atom stereocenters. The standard InChI is InChI=1S/C36H45N3O2/c40-35(37-31-21-19-27(20-22-31)25-26-39-32-17-10-18-33(39)24-23-32)38-34(28-11-4-1-5-12-28)36(41,29-13-6-2-7-14-29)30-15-8-3-9-16-30/h1-9,11-16,27,31-34,41H,10,17-26H2,(H2,37,38,40)/t27?,31?,32-,33+,34-/m0/s1. The molecule has 0 aromatic heterocycles. The lowest BCUT2D eigenvalue weighted by atomic mass is 9.77. The van der Waals surface area contributed by atoms with Gasteiger partial charge in [-0.15, -0.1) is 0 Å². The van der Waals surface area contributed by atoms with Crippen molar-refractivity contribution in [3.63, 3.8) is 0 Å². The van der Waals surface area contributed by atoms with Gasteiger partial charge in [-0.05, 0) is 86.9 Å². The molecule has 3 fully saturated rings. The maximum atomic E-state index is 13.6. The second-order valence-electron chi connectivity index (χ2n) is 12.5. The van der Waals surface area contributed by atoms with E-state index in [2.05, 4.69) is 15.5 Å². The smallest absolute Gasteiger partial charge is 0.315 e. The molecule has 6 rings (SSSR count). The average molecular weight is 552 g/mol. The minimum atomic E-state index is -1.45. The lowest BCUT2D eigenvalue weighted by Gasteiger charge is -2.39. The Bertz CT molecular complexity index is 1190. The fraction of sp³-hybridized carbons (Fsp3) is 0.472. The Hall–Kier alpha value is -3.15. The van der Waals surface area contributed by atoms with Crippen LogP contribution in [0.3, 0.4) is 0 Å². The van der Waals surface area contributed by atoms with Crippen molar-refractivity contribution in [2.75, 3.05) is 6.54 Å². The third-order valence-electron chi connectivity index (χ3n) is 10.1. The highest BCUT2D eigenvalue weighted by Crippen LogP contribution is 2.41. The summed E-state index contributed by atoms with van der Waals surface area (Å²) >= 11 is 0. The van der Waals surface area contributed by atoms with Crippen molar-refractivity contribution in [2.45, 2.75) is 94.0 Å². The number of carbonyl (C=O) groups excluding carboxylic acids is 1. The molecule has 3 aromatic carbocycles. The molecule has 2 aliphatic heterocycles. The van der Waals surface area contributed by atoms with Crippen molar-refractivity contribution in [2.24, 2.45) is 5.92 Å². The summed E-state index contributed by atoms with van der Waals surface area (Å²) in [5.74, 6) is 0.760. The SMILES string of the molecule is O=C(NC1CCC(CCN2[C@@H]3CCC[C@H]2CC3)CC1)N[C@@H](c1ccccc1)C(O)(c1ccccc1)c1ccccc1. The van der Waals surface area contributed by atoms with Crippen molar-refractivity contribution < 1.29 is 9.90 Å². The van der Waals surface area contributed by atoms with Crippen LogP contribution in [0.5, 0.6) is 0 Å². The normalized spacial score (nSPS) is 25.4. The van der Waals surface area contributed by atoms with Crippen LogP contribution in [0.4, 0.5) is 4.79 Å². The van der Waals surface area contributed by atoms with Crippen LogP contribution in [0.1, 0.15) is 86.9 Å². The van der Waals surface area contributed by atoms with Crippen LogP contribution in [0.15, 0.2) is 91.0 Å². The van der Waals surface area contributed by atoms with Crippen molar-refractivity contribution >= 4 is 6.03 Å². The van der Waals surface area contributed by atoms with Crippen LogP contribution in [0, 0.1) is 5.92 Å². The van der Waals surface area contributed by atoms with Crippen molar-refractivity contribution in [3.8, 4) is 0 Å². The van der Waals surface area contributed by atoms with Crippen LogP contribution in [0.25, 0.3) is 0 Å². The van der Waals surface area contributed by atoms with E-state index in [0.717, 1.165) is 47.5 Å². The molecule has 3 N–H and O–H groups in total. The first-order chi connectivity index (χ1) is 20.1. The number of hydrogen-bond donors (Lipinski definition) is 3. The summed E-state index contributed by atoms with van der Waals surface area (Å²) in [5, 5.41) is 19.0. The van der Waals surface area contributed by atoms with E-state index in [4.69, 9.17) is 0 Å². The summed E-state index contributed by atoms with van der Waals surface area (Å²) in [7, 11) is 0. The summed E-state index contributed by atoms with van der Waals surface area (Å²) in [6, 6.07) is 30.1. The first kappa shape index (κ1) is 28.0. The van der Waals surface area contributed by atoms with Gasteiger partial charge in [0.1, 0.15) is 5.60 Å². The summed E-state index contributed by atoms with van der Waals surface area (Å²) in [5.41, 5.74) is 0.881. The molecule has 5 nitrogen and oxygen atoms in total. The van der Waals surface area contributed by atoms with E-state index in [1.165, 1.54) is 57.9 Å². The van der Waals surface area contributed by atoms with E-state index in [-0.39, 0.29) is 12.1 Å². The van der Waals surface area contributed by atoms with Crippen LogP contribution >= 0.6 is 0 Å². The van der Waals surface area contributed by atoms with Gasteiger partial charge in [-0.2, -0.15) is 0 Å². The first-order valence-corrected chi connectivity index (χ1v) is 15.8. The summed E-state index contributed by atoms with van der Waals surface area (Å²) in [6.45, 7) is 1.26. The maximum absolute atomic E-state index is 13.6. The number of hydrogen-bond acceptors (Lipinski definition) is 3. The van der Waals surface area contributed by atoms with Gasteiger partial charge in [-0.25, -0.2) is 4.79 Å². The molecule has 1 aliphatic carbocycles. The largest absolute Gasteiger partial charge is 0.378 e. The highest BCUT2D eigenvalue weighted by molar-refractivity contribution is 5.75. The number of carbonyl (C=O) groups is 1. The minimum Gasteiger partial charge on any atom is -0.378 e. The molecule has 2 bridgehead atoms. The fourth-order valence-electron chi connectivity index (χ4n) is 7.83. The number of fused-ring (bicyclic) bond motifs is 2. The molecule has 2 amide bonds. The van der Waals surface area contributed by atoms with Crippen molar-refractivity contribution in [3.05, 3.63) is 108 Å². The molecule has 1 saturated carbocycles. The maximum Gasteiger partial charge on any atom is 0.315 e. The molecule has 2 saturated heterocycles. The quantitative estimate of drug-likeness (QED) is 0.270. The molecule has 5 heteroatoms. The molecular weight excluding hydrogens is 506 g/mol. The van der Waals surface area contributed by atoms with E-state index >= 15 is 0 Å². The van der Waals surface area contributed by atoms with E-state index < -0.39 is 11.6 Å². The van der Waals surface area contributed by atoms with Crippen LogP contribution in [-0.2, 0) is 5.60 Å². The zero-order chi connectivity index (χ0) is 28.1. The monoisotopic (exact) mass is 551 g/mol. The zero-order valence-electron chi connectivity index (χ0n) is 24.1. The minimum absolute atomic E-state index is 0.162. The van der Waals surface area contributed by atoms with Crippen LogP contribution in [0.2, 0.25) is 0 Å². The summed E-state index contributed by atoms with van der Waals surface area (Å²) in [4.78, 5) is 16.4. The Morgan fingerprint density at radius 1 is 0.756 bits per heavy atom. The van der Waals surface area contributed by atoms with Gasteiger partial charge in [0.2, 0.25) is 0 Å². The molecule has 3 atom stereocenters. The second-order valence-corrected chi connectivity index (χ2v) is 12.5. The Morgan fingerprint density at radius 3 is 1.85 bits per heavy atom. The van der Waals surface area contributed by atoms with Crippen molar-refractivity contribution in [1.29, 1.82) is 0 Å². The van der Waals surface area contributed by atoms with Gasteiger partial charge in [-0.1, -0.05) is 97.4 Å². The number of benzene rings is 3. The van der Waals surface area contributed by atoms with Gasteiger partial charge in [0.25, 0.3) is 0 Å². The fourth-order valence-corrected chi connectivity index (χ4v) is 7.83. The Balaban J connectivity index is 1.12. The summed E-state index contributed by atoms with van der Waals surface area (Å²) in [6.07, 6.45) is 12.7. The second kappa shape index (κ2) is 12.8. The molecule has 0 spiro atoms. The van der Waals surface area contributed by atoms with Gasteiger partial charge in [0, 0.05) is 18.1 Å². The molecule has 216 valence electrons. The number of nitrogens with one attached hydrogen (secondary N) is 2. The Labute approximate surface area is 245 Å². The lowest BCUT2D eigenvalue weighted by Crippen LogP contribution is -2.50. The van der Waals surface area contributed by atoms with Gasteiger partial charge < -0.3 is 15.7 Å². The van der Waals surface area contributed by atoms with E-state index in [1.807, 2.05) is 91.0 Å². The van der Waals surface area contributed by atoms with E-state index in [1.54, 1.807) is 0 Å². The third-order valence-corrected chi connectivity index (χ3v) is 10.1. The average Bonchev–Trinajstić information content (AvgIpc) is 3.25. The van der Waals surface area contributed by atoms with E-state index in [9.17, 15) is 9.90 Å². The van der Waals surface area contributed by atoms with E-state index in [0.29, 0.717) is 0 Å². The molecule has 3 aromatic rings. The molecule has 3 aliphatic rings. The van der Waals surface area contributed by atoms with Gasteiger partial charge in [-0.3, -0.25) is 4.90 Å². The van der Waals surface area contributed by atoms with Gasteiger partial charge in [0.05, 0.1) is 6.04 Å². The van der Waals surface area contributed by atoms with Crippen molar-refractivity contribution in [1.82, 2.24) is 15.5 Å². The number of rotatable bonds is 9. The molecule has 41 heavy (non-hydrogen) atoms. The lowest BCUT2D eigenvalue weighted by molar-refractivity contribution is 0.0398. The molecular formula is C36H45N3O2. The number of aliphatic hydroxyl groups is 1. The number of nitrogens with zero attached hydrogens (tertiary/aromatic N) is 1. The highest BCUT2D eigenvalue weighted by atomic mass is 16.3. The number of piperidine rings is 1. The zero-order valence-corrected chi connectivity index (χ0v) is 24.1. The predicted molar refractivity (Wildman–Crippen MR) is 164 cm³/mol. The highest BCUT2D eigenvalue weighted by Gasteiger charge is 2.42. The van der Waals surface area contributed by atoms with Gasteiger partial charge >= 0.3 is 6.03 Å². The number of amides is 2. The molecule has 2 heterocycles. The Kier molecular flexibility index (Phi) is 8.73. The van der Waals surface area contributed by atoms with Crippen LogP contribution in [-0.4, -0.2) is 40.7 Å². The third kappa shape index (κ3) is 6.22. The van der Waals surface area contributed by atoms with Gasteiger partial charge in [0.15, 0.2) is 0 Å². The van der Waals surface area contributed by atoms with Crippen LogP contribution < -0.4 is 10.6 Å². The number of urea groups is 1.